The molecule has 1 aromatic rings. The minimum Gasteiger partial charge on any atom is -0.492 e. The molecule has 6 nitrogen and oxygen atoms in total. The zero-order chi connectivity index (χ0) is 16.1. The fourth-order valence-corrected chi connectivity index (χ4v) is 3.13. The zero-order valence-corrected chi connectivity index (χ0v) is 13.4. The van der Waals surface area contributed by atoms with Crippen molar-refractivity contribution in [1.29, 1.82) is 0 Å². The van der Waals surface area contributed by atoms with Crippen molar-refractivity contribution >= 4 is 5.91 Å². The van der Waals surface area contributed by atoms with Gasteiger partial charge in [-0.05, 0) is 18.6 Å². The number of hydrogen-bond donors (Lipinski definition) is 2. The second kappa shape index (κ2) is 7.77. The number of rotatable bonds is 5. The number of amides is 1. The number of nitrogens with zero attached hydrogens (tertiary/aromatic N) is 2. The molecule has 0 spiro atoms. The summed E-state index contributed by atoms with van der Waals surface area (Å²) in [6.45, 7) is 5.30. The monoisotopic (exact) mass is 319 g/mol. The Balaban J connectivity index is 1.36. The van der Waals surface area contributed by atoms with Gasteiger partial charge >= 0.3 is 0 Å². The van der Waals surface area contributed by atoms with Gasteiger partial charge in [0.2, 0.25) is 5.91 Å². The molecule has 0 bridgehead atoms. The van der Waals surface area contributed by atoms with E-state index in [-0.39, 0.29) is 18.1 Å². The van der Waals surface area contributed by atoms with E-state index in [4.69, 9.17) is 4.74 Å². The molecule has 0 aromatic heterocycles. The van der Waals surface area contributed by atoms with Crippen LogP contribution < -0.4 is 10.1 Å². The van der Waals surface area contributed by atoms with Crippen molar-refractivity contribution < 1.29 is 14.6 Å². The van der Waals surface area contributed by atoms with Gasteiger partial charge in [-0.3, -0.25) is 9.69 Å². The second-order valence-electron chi connectivity index (χ2n) is 6.18. The van der Waals surface area contributed by atoms with Crippen LogP contribution in [0.2, 0.25) is 0 Å². The van der Waals surface area contributed by atoms with Crippen molar-refractivity contribution in [1.82, 2.24) is 15.1 Å². The van der Waals surface area contributed by atoms with Crippen LogP contribution in [0.3, 0.4) is 0 Å². The fraction of sp³-hybridized carbons (Fsp3) is 0.588. The zero-order valence-electron chi connectivity index (χ0n) is 13.4. The Labute approximate surface area is 137 Å². The standard InChI is InChI=1S/C17H25N3O3/c21-14-12-16(18-13-14)17(22)20-8-6-19(7-9-20)10-11-23-15-4-2-1-3-5-15/h1-5,14,16,18,21H,6-13H2/t14-,16+/m0/s1. The van der Waals surface area contributed by atoms with E-state index in [9.17, 15) is 9.90 Å². The van der Waals surface area contributed by atoms with E-state index in [2.05, 4.69) is 10.2 Å². The predicted molar refractivity (Wildman–Crippen MR) is 87.4 cm³/mol. The Morgan fingerprint density at radius 1 is 1.22 bits per heavy atom. The Morgan fingerprint density at radius 2 is 1.96 bits per heavy atom. The molecule has 0 aliphatic carbocycles. The van der Waals surface area contributed by atoms with Crippen LogP contribution in [0.4, 0.5) is 0 Å². The summed E-state index contributed by atoms with van der Waals surface area (Å²) >= 11 is 0. The molecular weight excluding hydrogens is 294 g/mol. The summed E-state index contributed by atoms with van der Waals surface area (Å²) in [5.41, 5.74) is 0. The molecule has 126 valence electrons. The van der Waals surface area contributed by atoms with Crippen LogP contribution in [-0.2, 0) is 4.79 Å². The first-order valence-corrected chi connectivity index (χ1v) is 8.33. The van der Waals surface area contributed by atoms with Gasteiger partial charge in [0.05, 0.1) is 12.1 Å². The molecule has 2 aliphatic rings. The maximum atomic E-state index is 12.4. The highest BCUT2D eigenvalue weighted by Crippen LogP contribution is 2.12. The van der Waals surface area contributed by atoms with Crippen molar-refractivity contribution in [3.05, 3.63) is 30.3 Å². The quantitative estimate of drug-likeness (QED) is 0.796. The number of piperazine rings is 1. The van der Waals surface area contributed by atoms with Crippen LogP contribution in [-0.4, -0.2) is 78.8 Å². The number of aliphatic hydroxyl groups excluding tert-OH is 1. The molecule has 2 N–H and O–H groups in total. The number of hydrogen-bond acceptors (Lipinski definition) is 5. The third kappa shape index (κ3) is 4.43. The number of benzene rings is 1. The summed E-state index contributed by atoms with van der Waals surface area (Å²) in [4.78, 5) is 16.6. The maximum absolute atomic E-state index is 12.4. The Morgan fingerprint density at radius 3 is 2.61 bits per heavy atom. The first kappa shape index (κ1) is 16.2. The molecule has 1 amide bonds. The van der Waals surface area contributed by atoms with Crippen LogP contribution in [0, 0.1) is 0 Å². The molecule has 0 saturated carbocycles. The lowest BCUT2D eigenvalue weighted by Gasteiger charge is -2.35. The van der Waals surface area contributed by atoms with E-state index >= 15 is 0 Å². The van der Waals surface area contributed by atoms with Gasteiger partial charge in [0, 0.05) is 39.3 Å². The normalized spacial score (nSPS) is 25.5. The van der Waals surface area contributed by atoms with Crippen molar-refractivity contribution in [3.63, 3.8) is 0 Å². The van der Waals surface area contributed by atoms with E-state index in [1.54, 1.807) is 0 Å². The molecule has 0 unspecified atom stereocenters. The molecule has 2 fully saturated rings. The van der Waals surface area contributed by atoms with Gasteiger partial charge in [0.1, 0.15) is 12.4 Å². The van der Waals surface area contributed by atoms with Crippen molar-refractivity contribution in [3.8, 4) is 5.75 Å². The minimum atomic E-state index is -0.389. The van der Waals surface area contributed by atoms with E-state index < -0.39 is 0 Å². The van der Waals surface area contributed by atoms with E-state index in [0.717, 1.165) is 38.5 Å². The van der Waals surface area contributed by atoms with E-state index in [1.807, 2.05) is 35.2 Å². The lowest BCUT2D eigenvalue weighted by atomic mass is 10.1. The van der Waals surface area contributed by atoms with Crippen LogP contribution in [0.15, 0.2) is 30.3 Å². The van der Waals surface area contributed by atoms with Gasteiger partial charge in [-0.1, -0.05) is 18.2 Å². The van der Waals surface area contributed by atoms with Crippen LogP contribution in [0.25, 0.3) is 0 Å². The van der Waals surface area contributed by atoms with Gasteiger partial charge in [0.25, 0.3) is 0 Å². The summed E-state index contributed by atoms with van der Waals surface area (Å²) in [5.74, 6) is 1.02. The van der Waals surface area contributed by atoms with Gasteiger partial charge in [-0.25, -0.2) is 0 Å². The third-order valence-electron chi connectivity index (χ3n) is 4.51. The van der Waals surface area contributed by atoms with Gasteiger partial charge in [0.15, 0.2) is 0 Å². The Kier molecular flexibility index (Phi) is 5.48. The smallest absolute Gasteiger partial charge is 0.239 e. The molecule has 2 aliphatic heterocycles. The largest absolute Gasteiger partial charge is 0.492 e. The van der Waals surface area contributed by atoms with Crippen molar-refractivity contribution in [2.45, 2.75) is 18.6 Å². The lowest BCUT2D eigenvalue weighted by molar-refractivity contribution is -0.135. The second-order valence-corrected chi connectivity index (χ2v) is 6.18. The summed E-state index contributed by atoms with van der Waals surface area (Å²) in [6, 6.07) is 9.61. The van der Waals surface area contributed by atoms with Crippen LogP contribution >= 0.6 is 0 Å². The fourth-order valence-electron chi connectivity index (χ4n) is 3.13. The van der Waals surface area contributed by atoms with E-state index in [1.165, 1.54) is 0 Å². The molecule has 2 atom stereocenters. The number of ether oxygens (including phenoxy) is 1. The number of para-hydroxylation sites is 1. The van der Waals surface area contributed by atoms with Crippen LogP contribution in [0.5, 0.6) is 5.75 Å². The average Bonchev–Trinajstić information content (AvgIpc) is 3.02. The third-order valence-corrected chi connectivity index (χ3v) is 4.51. The summed E-state index contributed by atoms with van der Waals surface area (Å²) in [6.07, 6.45) is 0.143. The van der Waals surface area contributed by atoms with E-state index in [0.29, 0.717) is 19.6 Å². The SMILES string of the molecule is O=C([C@H]1C[C@H](O)CN1)N1CCN(CCOc2ccccc2)CC1. The Hall–Kier alpha value is -1.63. The summed E-state index contributed by atoms with van der Waals surface area (Å²) in [7, 11) is 0. The summed E-state index contributed by atoms with van der Waals surface area (Å²) < 4.78 is 5.72. The first-order chi connectivity index (χ1) is 11.2. The molecule has 2 heterocycles. The molecule has 1 aromatic carbocycles. The molecule has 0 radical (unpaired) electrons. The topological polar surface area (TPSA) is 65.0 Å². The maximum Gasteiger partial charge on any atom is 0.239 e. The Bertz CT molecular complexity index is 503. The van der Waals surface area contributed by atoms with Gasteiger partial charge < -0.3 is 20.1 Å². The highest BCUT2D eigenvalue weighted by atomic mass is 16.5. The van der Waals surface area contributed by atoms with Gasteiger partial charge in [-0.2, -0.15) is 0 Å². The molecule has 23 heavy (non-hydrogen) atoms. The highest BCUT2D eigenvalue weighted by Gasteiger charge is 2.32. The number of aliphatic hydroxyl groups is 1. The minimum absolute atomic E-state index is 0.127. The number of carbonyl (C=O) groups excluding carboxylic acids is 1. The van der Waals surface area contributed by atoms with Crippen molar-refractivity contribution in [2.24, 2.45) is 0 Å². The van der Waals surface area contributed by atoms with Crippen molar-refractivity contribution in [2.75, 3.05) is 45.9 Å². The van der Waals surface area contributed by atoms with Crippen LogP contribution in [0.1, 0.15) is 6.42 Å². The number of nitrogens with one attached hydrogen (secondary N) is 1. The molecule has 2 saturated heterocycles. The summed E-state index contributed by atoms with van der Waals surface area (Å²) in [5, 5.41) is 12.6. The first-order valence-electron chi connectivity index (χ1n) is 8.33. The molecule has 3 rings (SSSR count). The number of β-amino-alcohol motifs (C(OH)–C–C–N with tert-alkyl or cyclic N) is 1. The lowest BCUT2D eigenvalue weighted by Crippen LogP contribution is -2.53. The van der Waals surface area contributed by atoms with Gasteiger partial charge in [-0.15, -0.1) is 0 Å². The predicted octanol–water partition coefficient (Wildman–Crippen LogP) is -0.0676. The molecule has 6 heteroatoms. The molecular formula is C17H25N3O3. The average molecular weight is 319 g/mol. The number of carbonyl (C=O) groups is 1. The highest BCUT2D eigenvalue weighted by molar-refractivity contribution is 5.82.